The maximum absolute atomic E-state index is 6.02. The molecule has 0 aromatic heterocycles. The molecule has 4 heteroatoms. The Labute approximate surface area is 121 Å². The third kappa shape index (κ3) is 4.15. The van der Waals surface area contributed by atoms with E-state index in [0.29, 0.717) is 12.6 Å². The third-order valence-corrected chi connectivity index (χ3v) is 3.41. The number of para-hydroxylation sites is 1. The van der Waals surface area contributed by atoms with E-state index in [1.807, 2.05) is 18.2 Å². The van der Waals surface area contributed by atoms with Gasteiger partial charge >= 0.3 is 0 Å². The summed E-state index contributed by atoms with van der Waals surface area (Å²) in [5.41, 5.74) is 1.15. The van der Waals surface area contributed by atoms with E-state index < -0.39 is 0 Å². The predicted molar refractivity (Wildman–Crippen MR) is 83.2 cm³/mol. The molecular formula is C16H25N3O. The Morgan fingerprint density at radius 2 is 1.90 bits per heavy atom. The SMILES string of the molecule is CCNC(=NCc1ccccc1OC1CCC1)NCC. The first kappa shape index (κ1) is 14.7. The summed E-state index contributed by atoms with van der Waals surface area (Å²) in [6, 6.07) is 8.20. The minimum atomic E-state index is 0.405. The van der Waals surface area contributed by atoms with E-state index in [2.05, 4.69) is 35.5 Å². The number of nitrogens with zero attached hydrogens (tertiary/aromatic N) is 1. The highest BCUT2D eigenvalue weighted by atomic mass is 16.5. The number of benzene rings is 1. The minimum Gasteiger partial charge on any atom is -0.490 e. The van der Waals surface area contributed by atoms with E-state index in [9.17, 15) is 0 Å². The molecule has 1 saturated carbocycles. The zero-order valence-corrected chi connectivity index (χ0v) is 12.5. The molecule has 0 atom stereocenters. The summed E-state index contributed by atoms with van der Waals surface area (Å²) in [6.45, 7) is 6.51. The molecule has 0 bridgehead atoms. The first-order chi connectivity index (χ1) is 9.83. The van der Waals surface area contributed by atoms with Crippen molar-refractivity contribution in [3.05, 3.63) is 29.8 Å². The minimum absolute atomic E-state index is 0.405. The number of hydrogen-bond acceptors (Lipinski definition) is 2. The van der Waals surface area contributed by atoms with Gasteiger partial charge < -0.3 is 15.4 Å². The molecule has 4 nitrogen and oxygen atoms in total. The van der Waals surface area contributed by atoms with Crippen LogP contribution in [0.15, 0.2) is 29.3 Å². The van der Waals surface area contributed by atoms with Crippen LogP contribution in [0.4, 0.5) is 0 Å². The average molecular weight is 275 g/mol. The molecule has 20 heavy (non-hydrogen) atoms. The molecule has 0 saturated heterocycles. The predicted octanol–water partition coefficient (Wildman–Crippen LogP) is 2.69. The molecular weight excluding hydrogens is 250 g/mol. The monoisotopic (exact) mass is 275 g/mol. The van der Waals surface area contributed by atoms with Crippen molar-refractivity contribution in [2.45, 2.75) is 45.8 Å². The fraction of sp³-hybridized carbons (Fsp3) is 0.562. The molecule has 110 valence electrons. The summed E-state index contributed by atoms with van der Waals surface area (Å²) in [7, 11) is 0. The Hall–Kier alpha value is -1.71. The fourth-order valence-corrected chi connectivity index (χ4v) is 2.09. The van der Waals surface area contributed by atoms with Gasteiger partial charge in [-0.3, -0.25) is 0 Å². The fourth-order valence-electron chi connectivity index (χ4n) is 2.09. The van der Waals surface area contributed by atoms with Gasteiger partial charge in [0.25, 0.3) is 0 Å². The van der Waals surface area contributed by atoms with E-state index >= 15 is 0 Å². The highest BCUT2D eigenvalue weighted by Gasteiger charge is 2.19. The summed E-state index contributed by atoms with van der Waals surface area (Å²) in [5.74, 6) is 1.83. The van der Waals surface area contributed by atoms with Gasteiger partial charge in [-0.2, -0.15) is 0 Å². The van der Waals surface area contributed by atoms with Crippen LogP contribution in [0.3, 0.4) is 0 Å². The highest BCUT2D eigenvalue weighted by molar-refractivity contribution is 5.79. The van der Waals surface area contributed by atoms with E-state index in [0.717, 1.165) is 30.4 Å². The second kappa shape index (κ2) is 7.78. The van der Waals surface area contributed by atoms with Crippen LogP contribution in [0.25, 0.3) is 0 Å². The first-order valence-corrected chi connectivity index (χ1v) is 7.60. The van der Waals surface area contributed by atoms with Crippen LogP contribution in [0.2, 0.25) is 0 Å². The molecule has 1 aromatic carbocycles. The number of guanidine groups is 1. The summed E-state index contributed by atoms with van der Waals surface area (Å²) in [4.78, 5) is 4.60. The van der Waals surface area contributed by atoms with Gasteiger partial charge in [-0.25, -0.2) is 4.99 Å². The van der Waals surface area contributed by atoms with Gasteiger partial charge in [-0.1, -0.05) is 18.2 Å². The van der Waals surface area contributed by atoms with Crippen LogP contribution in [-0.2, 0) is 6.54 Å². The summed E-state index contributed by atoms with van der Waals surface area (Å²) < 4.78 is 6.02. The van der Waals surface area contributed by atoms with Crippen molar-refractivity contribution in [3.8, 4) is 5.75 Å². The molecule has 2 N–H and O–H groups in total. The number of nitrogens with one attached hydrogen (secondary N) is 2. The molecule has 1 aliphatic carbocycles. The lowest BCUT2D eigenvalue weighted by molar-refractivity contribution is 0.119. The zero-order chi connectivity index (χ0) is 14.2. The maximum Gasteiger partial charge on any atom is 0.191 e. The van der Waals surface area contributed by atoms with E-state index in [1.165, 1.54) is 19.3 Å². The molecule has 2 rings (SSSR count). The lowest BCUT2D eigenvalue weighted by atomic mass is 9.96. The van der Waals surface area contributed by atoms with Crippen molar-refractivity contribution in [1.82, 2.24) is 10.6 Å². The summed E-state index contributed by atoms with van der Waals surface area (Å²) in [6.07, 6.45) is 4.05. The smallest absolute Gasteiger partial charge is 0.191 e. The normalized spacial score (nSPS) is 14.3. The average Bonchev–Trinajstić information content (AvgIpc) is 2.42. The lowest BCUT2D eigenvalue weighted by Gasteiger charge is -2.27. The molecule has 0 aliphatic heterocycles. The third-order valence-electron chi connectivity index (χ3n) is 3.41. The van der Waals surface area contributed by atoms with Gasteiger partial charge in [0.05, 0.1) is 12.6 Å². The molecule has 0 unspecified atom stereocenters. The first-order valence-electron chi connectivity index (χ1n) is 7.60. The van der Waals surface area contributed by atoms with Gasteiger partial charge in [0.1, 0.15) is 5.75 Å². The molecule has 1 fully saturated rings. The number of rotatable bonds is 6. The van der Waals surface area contributed by atoms with Crippen LogP contribution in [0, 0.1) is 0 Å². The molecule has 1 aromatic rings. The van der Waals surface area contributed by atoms with Crippen molar-refractivity contribution < 1.29 is 4.74 Å². The van der Waals surface area contributed by atoms with Gasteiger partial charge in [-0.15, -0.1) is 0 Å². The number of aliphatic imine (C=N–C) groups is 1. The molecule has 0 spiro atoms. The van der Waals surface area contributed by atoms with Gasteiger partial charge in [-0.05, 0) is 39.2 Å². The van der Waals surface area contributed by atoms with Crippen LogP contribution in [-0.4, -0.2) is 25.2 Å². The van der Waals surface area contributed by atoms with Gasteiger partial charge in [0.15, 0.2) is 5.96 Å². The van der Waals surface area contributed by atoms with Crippen molar-refractivity contribution in [3.63, 3.8) is 0 Å². The topological polar surface area (TPSA) is 45.7 Å². The Kier molecular flexibility index (Phi) is 5.71. The second-order valence-corrected chi connectivity index (χ2v) is 5.00. The summed E-state index contributed by atoms with van der Waals surface area (Å²) in [5, 5.41) is 6.47. The Bertz CT molecular complexity index is 433. The molecule has 1 aliphatic rings. The largest absolute Gasteiger partial charge is 0.490 e. The van der Waals surface area contributed by atoms with Crippen LogP contribution in [0.1, 0.15) is 38.7 Å². The van der Waals surface area contributed by atoms with E-state index in [1.54, 1.807) is 0 Å². The van der Waals surface area contributed by atoms with Crippen LogP contribution >= 0.6 is 0 Å². The maximum atomic E-state index is 6.02. The molecule has 0 radical (unpaired) electrons. The second-order valence-electron chi connectivity index (χ2n) is 5.00. The number of hydrogen-bond donors (Lipinski definition) is 2. The van der Waals surface area contributed by atoms with Crippen molar-refractivity contribution >= 4 is 5.96 Å². The van der Waals surface area contributed by atoms with Gasteiger partial charge in [0, 0.05) is 18.7 Å². The Morgan fingerprint density at radius 3 is 2.50 bits per heavy atom. The van der Waals surface area contributed by atoms with Gasteiger partial charge in [0.2, 0.25) is 0 Å². The number of ether oxygens (including phenoxy) is 1. The van der Waals surface area contributed by atoms with Crippen molar-refractivity contribution in [1.29, 1.82) is 0 Å². The zero-order valence-electron chi connectivity index (χ0n) is 12.5. The van der Waals surface area contributed by atoms with Crippen molar-refractivity contribution in [2.24, 2.45) is 4.99 Å². The molecule has 0 heterocycles. The van der Waals surface area contributed by atoms with Crippen LogP contribution in [0.5, 0.6) is 5.75 Å². The van der Waals surface area contributed by atoms with Crippen molar-refractivity contribution in [2.75, 3.05) is 13.1 Å². The quantitative estimate of drug-likeness (QED) is 0.620. The standard InChI is InChI=1S/C16H25N3O/c1-3-17-16(18-4-2)19-12-13-8-5-6-11-15(13)20-14-9-7-10-14/h5-6,8,11,14H,3-4,7,9-10,12H2,1-2H3,(H2,17,18,19). The van der Waals surface area contributed by atoms with Crippen LogP contribution < -0.4 is 15.4 Å². The van der Waals surface area contributed by atoms with E-state index in [4.69, 9.17) is 4.74 Å². The Balaban J connectivity index is 2.01. The molecule has 0 amide bonds. The summed E-state index contributed by atoms with van der Waals surface area (Å²) >= 11 is 0. The lowest BCUT2D eigenvalue weighted by Crippen LogP contribution is -2.37. The highest BCUT2D eigenvalue weighted by Crippen LogP contribution is 2.27. The van der Waals surface area contributed by atoms with E-state index in [-0.39, 0.29) is 0 Å². The Morgan fingerprint density at radius 1 is 1.20 bits per heavy atom.